The van der Waals surface area contributed by atoms with Crippen LogP contribution in [-0.2, 0) is 0 Å². The van der Waals surface area contributed by atoms with Crippen molar-refractivity contribution in [2.75, 3.05) is 13.6 Å². The third-order valence-corrected chi connectivity index (χ3v) is 4.33. The van der Waals surface area contributed by atoms with Crippen molar-refractivity contribution >= 4 is 34.6 Å². The van der Waals surface area contributed by atoms with Crippen LogP contribution < -0.4 is 4.74 Å². The van der Waals surface area contributed by atoms with Gasteiger partial charge in [0.1, 0.15) is 17.3 Å². The highest BCUT2D eigenvalue weighted by atomic mass is 127. The van der Waals surface area contributed by atoms with E-state index in [-0.39, 0.29) is 5.82 Å². The normalized spacial score (nSPS) is 11.0. The quantitative estimate of drug-likeness (QED) is 0.361. The SMILES string of the molecule is CCN(C)/C=N/c1cc(C)c(Oc2ccc(F)c(I)c2)cc1C. The molecule has 0 aliphatic carbocycles. The summed E-state index contributed by atoms with van der Waals surface area (Å²) in [6, 6.07) is 8.70. The third kappa shape index (κ3) is 4.67. The van der Waals surface area contributed by atoms with E-state index in [1.54, 1.807) is 12.1 Å². The molecule has 5 heteroatoms. The van der Waals surface area contributed by atoms with Gasteiger partial charge in [-0.05, 0) is 84.8 Å². The first-order chi connectivity index (χ1) is 10.9. The van der Waals surface area contributed by atoms with Crippen molar-refractivity contribution in [3.05, 3.63) is 50.8 Å². The van der Waals surface area contributed by atoms with Crippen molar-refractivity contribution in [2.45, 2.75) is 20.8 Å². The zero-order valence-corrected chi connectivity index (χ0v) is 15.9. The third-order valence-electron chi connectivity index (χ3n) is 3.51. The molecule has 0 fully saturated rings. The molecule has 2 aromatic carbocycles. The van der Waals surface area contributed by atoms with Crippen LogP contribution in [0, 0.1) is 23.2 Å². The Labute approximate surface area is 150 Å². The monoisotopic (exact) mass is 426 g/mol. The highest BCUT2D eigenvalue weighted by Crippen LogP contribution is 2.32. The van der Waals surface area contributed by atoms with E-state index in [2.05, 4.69) is 11.9 Å². The predicted molar refractivity (Wildman–Crippen MR) is 102 cm³/mol. The van der Waals surface area contributed by atoms with Crippen LogP contribution in [0.3, 0.4) is 0 Å². The van der Waals surface area contributed by atoms with Crippen molar-refractivity contribution < 1.29 is 9.13 Å². The first kappa shape index (κ1) is 17.7. The van der Waals surface area contributed by atoms with Crippen molar-refractivity contribution in [2.24, 2.45) is 4.99 Å². The van der Waals surface area contributed by atoms with Gasteiger partial charge in [-0.15, -0.1) is 0 Å². The number of ether oxygens (including phenoxy) is 1. The Morgan fingerprint density at radius 1 is 1.22 bits per heavy atom. The van der Waals surface area contributed by atoms with E-state index >= 15 is 0 Å². The lowest BCUT2D eigenvalue weighted by atomic mass is 10.1. The van der Waals surface area contributed by atoms with Gasteiger partial charge in [0.25, 0.3) is 0 Å². The Kier molecular flexibility index (Phi) is 5.98. The molecule has 0 spiro atoms. The van der Waals surface area contributed by atoms with Crippen LogP contribution >= 0.6 is 22.6 Å². The maximum Gasteiger partial charge on any atom is 0.136 e. The minimum absolute atomic E-state index is 0.240. The van der Waals surface area contributed by atoms with Crippen molar-refractivity contribution in [3.8, 4) is 11.5 Å². The maximum absolute atomic E-state index is 13.3. The smallest absolute Gasteiger partial charge is 0.136 e. The molecule has 0 atom stereocenters. The predicted octanol–water partition coefficient (Wildman–Crippen LogP) is 5.45. The fourth-order valence-electron chi connectivity index (χ4n) is 1.93. The molecule has 0 saturated heterocycles. The maximum atomic E-state index is 13.3. The number of halogens is 2. The lowest BCUT2D eigenvalue weighted by Crippen LogP contribution is -2.14. The molecule has 0 bridgehead atoms. The molecular formula is C18H20FIN2O. The summed E-state index contributed by atoms with van der Waals surface area (Å²) in [6.07, 6.45) is 1.82. The number of hydrogen-bond acceptors (Lipinski definition) is 2. The van der Waals surface area contributed by atoms with E-state index in [1.807, 2.05) is 66.9 Å². The lowest BCUT2D eigenvalue weighted by molar-refractivity contribution is 0.476. The van der Waals surface area contributed by atoms with Crippen molar-refractivity contribution in [1.82, 2.24) is 4.90 Å². The van der Waals surface area contributed by atoms with Gasteiger partial charge in [0, 0.05) is 13.6 Å². The molecule has 0 saturated carbocycles. The molecule has 0 aromatic heterocycles. The number of benzene rings is 2. The van der Waals surface area contributed by atoms with Crippen LogP contribution in [0.5, 0.6) is 11.5 Å². The van der Waals surface area contributed by atoms with E-state index in [4.69, 9.17) is 4.74 Å². The second-order valence-corrected chi connectivity index (χ2v) is 6.56. The number of nitrogens with zero attached hydrogens (tertiary/aromatic N) is 2. The second-order valence-electron chi connectivity index (χ2n) is 5.40. The van der Waals surface area contributed by atoms with Gasteiger partial charge in [-0.1, -0.05) is 0 Å². The fourth-order valence-corrected chi connectivity index (χ4v) is 2.42. The Bertz CT molecular complexity index is 731. The summed E-state index contributed by atoms with van der Waals surface area (Å²) in [4.78, 5) is 6.52. The van der Waals surface area contributed by atoms with E-state index in [0.29, 0.717) is 9.32 Å². The van der Waals surface area contributed by atoms with Gasteiger partial charge in [-0.3, -0.25) is 0 Å². The molecule has 2 aromatic rings. The number of aryl methyl sites for hydroxylation is 2. The molecule has 0 radical (unpaired) electrons. The lowest BCUT2D eigenvalue weighted by Gasteiger charge is -2.13. The zero-order chi connectivity index (χ0) is 17.0. The van der Waals surface area contributed by atoms with Crippen molar-refractivity contribution in [1.29, 1.82) is 0 Å². The van der Waals surface area contributed by atoms with Crippen LogP contribution in [-0.4, -0.2) is 24.8 Å². The molecule has 0 amide bonds. The second kappa shape index (κ2) is 7.77. The number of aliphatic imine (C=N–C) groups is 1. The van der Waals surface area contributed by atoms with Crippen LogP contribution in [0.1, 0.15) is 18.1 Å². The Morgan fingerprint density at radius 2 is 1.96 bits per heavy atom. The molecule has 0 heterocycles. The van der Waals surface area contributed by atoms with Gasteiger partial charge < -0.3 is 9.64 Å². The first-order valence-electron chi connectivity index (χ1n) is 7.39. The topological polar surface area (TPSA) is 24.8 Å². The average Bonchev–Trinajstić information content (AvgIpc) is 2.52. The van der Waals surface area contributed by atoms with E-state index in [0.717, 1.165) is 29.1 Å². The summed E-state index contributed by atoms with van der Waals surface area (Å²) in [5, 5.41) is 0. The van der Waals surface area contributed by atoms with Gasteiger partial charge in [-0.2, -0.15) is 0 Å². The molecule has 2 rings (SSSR count). The highest BCUT2D eigenvalue weighted by molar-refractivity contribution is 14.1. The minimum Gasteiger partial charge on any atom is -0.457 e. The van der Waals surface area contributed by atoms with Crippen LogP contribution in [0.15, 0.2) is 35.3 Å². The summed E-state index contributed by atoms with van der Waals surface area (Å²) in [7, 11) is 1.99. The molecular weight excluding hydrogens is 406 g/mol. The van der Waals surface area contributed by atoms with Gasteiger partial charge >= 0.3 is 0 Å². The summed E-state index contributed by atoms with van der Waals surface area (Å²) in [5.41, 5.74) is 2.94. The van der Waals surface area contributed by atoms with E-state index in [9.17, 15) is 4.39 Å². The molecule has 23 heavy (non-hydrogen) atoms. The summed E-state index contributed by atoms with van der Waals surface area (Å²) >= 11 is 1.96. The summed E-state index contributed by atoms with van der Waals surface area (Å²) in [6.45, 7) is 6.96. The van der Waals surface area contributed by atoms with Crippen LogP contribution in [0.4, 0.5) is 10.1 Å². The zero-order valence-electron chi connectivity index (χ0n) is 13.7. The van der Waals surface area contributed by atoms with Gasteiger partial charge in [-0.25, -0.2) is 9.38 Å². The Balaban J connectivity index is 2.25. The number of rotatable bonds is 5. The highest BCUT2D eigenvalue weighted by Gasteiger charge is 2.08. The fraction of sp³-hybridized carbons (Fsp3) is 0.278. The van der Waals surface area contributed by atoms with E-state index in [1.165, 1.54) is 6.07 Å². The molecule has 0 aliphatic heterocycles. The summed E-state index contributed by atoms with van der Waals surface area (Å²) in [5.74, 6) is 1.14. The number of hydrogen-bond donors (Lipinski definition) is 0. The largest absolute Gasteiger partial charge is 0.457 e. The first-order valence-corrected chi connectivity index (χ1v) is 8.47. The standard InChI is InChI=1S/C18H20FIN2O/c1-5-22(4)11-21-17-8-13(3)18(9-12(17)2)23-14-6-7-15(19)16(20)10-14/h6-11H,5H2,1-4H3/b21-11+. The van der Waals surface area contributed by atoms with E-state index < -0.39 is 0 Å². The van der Waals surface area contributed by atoms with Gasteiger partial charge in [0.05, 0.1) is 15.6 Å². The molecule has 0 unspecified atom stereocenters. The minimum atomic E-state index is -0.240. The van der Waals surface area contributed by atoms with Gasteiger partial charge in [0.15, 0.2) is 0 Å². The Morgan fingerprint density at radius 3 is 2.61 bits per heavy atom. The van der Waals surface area contributed by atoms with Crippen LogP contribution in [0.25, 0.3) is 0 Å². The van der Waals surface area contributed by atoms with Gasteiger partial charge in [0.2, 0.25) is 0 Å². The average molecular weight is 426 g/mol. The summed E-state index contributed by atoms with van der Waals surface area (Å²) < 4.78 is 19.8. The molecule has 122 valence electrons. The Hall–Kier alpha value is -1.63. The molecule has 3 nitrogen and oxygen atoms in total. The van der Waals surface area contributed by atoms with Crippen molar-refractivity contribution in [3.63, 3.8) is 0 Å². The molecule has 0 N–H and O–H groups in total. The van der Waals surface area contributed by atoms with Crippen LogP contribution in [0.2, 0.25) is 0 Å². The molecule has 0 aliphatic rings.